The summed E-state index contributed by atoms with van der Waals surface area (Å²) in [7, 11) is 0. The van der Waals surface area contributed by atoms with Gasteiger partial charge in [0.25, 0.3) is 5.91 Å². The minimum Gasteiger partial charge on any atom is -0.345 e. The SMILES string of the molecule is CC(C)Cn1cncc1CNC(=O)c1cccc2ccnn12. The number of pyridine rings is 1. The number of carbonyl (C=O) groups is 1. The van der Waals surface area contributed by atoms with E-state index in [1.54, 1.807) is 29.3 Å². The Hall–Kier alpha value is -2.63. The van der Waals surface area contributed by atoms with E-state index < -0.39 is 0 Å². The van der Waals surface area contributed by atoms with Crippen LogP contribution in [0.5, 0.6) is 0 Å². The molecular weight excluding hydrogens is 278 g/mol. The van der Waals surface area contributed by atoms with Gasteiger partial charge in [-0.15, -0.1) is 0 Å². The van der Waals surface area contributed by atoms with Crippen molar-refractivity contribution in [3.05, 3.63) is 54.4 Å². The molecule has 0 aliphatic carbocycles. The highest BCUT2D eigenvalue weighted by molar-refractivity contribution is 5.93. The zero-order valence-corrected chi connectivity index (χ0v) is 12.7. The molecule has 0 radical (unpaired) electrons. The maximum Gasteiger partial charge on any atom is 0.270 e. The Kier molecular flexibility index (Phi) is 3.91. The summed E-state index contributed by atoms with van der Waals surface area (Å²) in [5.74, 6) is 0.382. The number of hydrogen-bond acceptors (Lipinski definition) is 3. The van der Waals surface area contributed by atoms with Gasteiger partial charge < -0.3 is 9.88 Å². The largest absolute Gasteiger partial charge is 0.345 e. The topological polar surface area (TPSA) is 64.2 Å². The number of nitrogens with one attached hydrogen (secondary N) is 1. The standard InChI is InChI=1S/C16H19N5O/c1-12(2)10-20-11-17-8-14(20)9-18-16(22)15-5-3-4-13-6-7-19-21(13)15/h3-8,11-12H,9-10H2,1-2H3,(H,18,22). The Morgan fingerprint density at radius 3 is 3.00 bits per heavy atom. The van der Waals surface area contributed by atoms with Crippen molar-refractivity contribution < 1.29 is 4.79 Å². The van der Waals surface area contributed by atoms with Crippen molar-refractivity contribution in [3.8, 4) is 0 Å². The fraction of sp³-hybridized carbons (Fsp3) is 0.312. The highest BCUT2D eigenvalue weighted by atomic mass is 16.1. The third kappa shape index (κ3) is 2.86. The van der Waals surface area contributed by atoms with Crippen molar-refractivity contribution >= 4 is 11.4 Å². The van der Waals surface area contributed by atoms with Gasteiger partial charge in [0.05, 0.1) is 30.3 Å². The molecule has 3 aromatic heterocycles. The lowest BCUT2D eigenvalue weighted by Crippen LogP contribution is -2.26. The minimum absolute atomic E-state index is 0.147. The van der Waals surface area contributed by atoms with Crippen LogP contribution in [0, 0.1) is 5.92 Å². The van der Waals surface area contributed by atoms with Crippen molar-refractivity contribution in [3.63, 3.8) is 0 Å². The van der Waals surface area contributed by atoms with Gasteiger partial charge in [-0.05, 0) is 24.1 Å². The molecular formula is C16H19N5O. The monoisotopic (exact) mass is 297 g/mol. The van der Waals surface area contributed by atoms with Gasteiger partial charge in [0.2, 0.25) is 0 Å². The lowest BCUT2D eigenvalue weighted by Gasteiger charge is -2.11. The van der Waals surface area contributed by atoms with Crippen LogP contribution in [-0.4, -0.2) is 25.1 Å². The Labute approximate surface area is 128 Å². The quantitative estimate of drug-likeness (QED) is 0.784. The van der Waals surface area contributed by atoms with Crippen LogP contribution in [0.15, 0.2) is 43.0 Å². The molecule has 0 aliphatic rings. The van der Waals surface area contributed by atoms with Gasteiger partial charge in [-0.1, -0.05) is 19.9 Å². The summed E-state index contributed by atoms with van der Waals surface area (Å²) in [5, 5.41) is 7.12. The highest BCUT2D eigenvalue weighted by Gasteiger charge is 2.11. The molecule has 22 heavy (non-hydrogen) atoms. The second-order valence-corrected chi connectivity index (χ2v) is 5.69. The summed E-state index contributed by atoms with van der Waals surface area (Å²) in [6, 6.07) is 7.41. The lowest BCUT2D eigenvalue weighted by atomic mass is 10.2. The van der Waals surface area contributed by atoms with Gasteiger partial charge in [-0.25, -0.2) is 9.50 Å². The van der Waals surface area contributed by atoms with Crippen molar-refractivity contribution in [2.45, 2.75) is 26.9 Å². The van der Waals surface area contributed by atoms with Crippen LogP contribution in [0.25, 0.3) is 5.52 Å². The van der Waals surface area contributed by atoms with Crippen LogP contribution in [0.3, 0.4) is 0 Å². The van der Waals surface area contributed by atoms with Crippen molar-refractivity contribution in [1.29, 1.82) is 0 Å². The highest BCUT2D eigenvalue weighted by Crippen LogP contribution is 2.08. The second kappa shape index (κ2) is 6.01. The van der Waals surface area contributed by atoms with Gasteiger partial charge in [0.15, 0.2) is 0 Å². The van der Waals surface area contributed by atoms with Gasteiger partial charge in [0, 0.05) is 12.7 Å². The summed E-state index contributed by atoms with van der Waals surface area (Å²) in [6.07, 6.45) is 5.27. The van der Waals surface area contributed by atoms with Gasteiger partial charge in [-0.3, -0.25) is 4.79 Å². The number of amides is 1. The van der Waals surface area contributed by atoms with E-state index in [1.165, 1.54) is 0 Å². The van der Waals surface area contributed by atoms with Crippen LogP contribution in [-0.2, 0) is 13.1 Å². The van der Waals surface area contributed by atoms with Gasteiger partial charge in [-0.2, -0.15) is 5.10 Å². The number of nitrogens with zero attached hydrogens (tertiary/aromatic N) is 4. The molecule has 0 bridgehead atoms. The normalized spacial score (nSPS) is 11.2. The molecule has 6 nitrogen and oxygen atoms in total. The van der Waals surface area contributed by atoms with E-state index in [0.29, 0.717) is 18.2 Å². The van der Waals surface area contributed by atoms with Crippen molar-refractivity contribution in [2.75, 3.05) is 0 Å². The van der Waals surface area contributed by atoms with E-state index >= 15 is 0 Å². The Balaban J connectivity index is 1.73. The summed E-state index contributed by atoms with van der Waals surface area (Å²) >= 11 is 0. The van der Waals surface area contributed by atoms with E-state index in [4.69, 9.17) is 0 Å². The lowest BCUT2D eigenvalue weighted by molar-refractivity contribution is 0.0942. The van der Waals surface area contributed by atoms with E-state index in [2.05, 4.69) is 33.8 Å². The van der Waals surface area contributed by atoms with Crippen LogP contribution >= 0.6 is 0 Å². The molecule has 1 amide bonds. The fourth-order valence-corrected chi connectivity index (χ4v) is 2.44. The van der Waals surface area contributed by atoms with E-state index in [9.17, 15) is 4.79 Å². The number of rotatable bonds is 5. The predicted molar refractivity (Wildman–Crippen MR) is 83.4 cm³/mol. The van der Waals surface area contributed by atoms with Crippen molar-refractivity contribution in [1.82, 2.24) is 24.5 Å². The molecule has 0 atom stereocenters. The average Bonchev–Trinajstić information content (AvgIpc) is 3.12. The van der Waals surface area contributed by atoms with Crippen LogP contribution in [0.2, 0.25) is 0 Å². The molecule has 0 fully saturated rings. The molecule has 0 unspecified atom stereocenters. The maximum absolute atomic E-state index is 12.4. The van der Waals surface area contributed by atoms with Crippen LogP contribution in [0.1, 0.15) is 30.0 Å². The molecule has 3 heterocycles. The molecule has 3 rings (SSSR count). The Bertz CT molecular complexity index is 787. The van der Waals surface area contributed by atoms with E-state index in [0.717, 1.165) is 17.8 Å². The summed E-state index contributed by atoms with van der Waals surface area (Å²) < 4.78 is 3.71. The average molecular weight is 297 g/mol. The molecule has 0 saturated carbocycles. The van der Waals surface area contributed by atoms with Crippen LogP contribution in [0.4, 0.5) is 0 Å². The van der Waals surface area contributed by atoms with Crippen molar-refractivity contribution in [2.24, 2.45) is 5.92 Å². The zero-order valence-electron chi connectivity index (χ0n) is 12.7. The Morgan fingerprint density at radius 2 is 2.18 bits per heavy atom. The number of carbonyl (C=O) groups excluding carboxylic acids is 1. The number of aromatic nitrogens is 4. The van der Waals surface area contributed by atoms with Gasteiger partial charge in [0.1, 0.15) is 5.69 Å². The Morgan fingerprint density at radius 1 is 1.32 bits per heavy atom. The molecule has 0 aromatic carbocycles. The first-order valence-corrected chi connectivity index (χ1v) is 7.35. The number of fused-ring (bicyclic) bond motifs is 1. The first-order valence-electron chi connectivity index (χ1n) is 7.35. The maximum atomic E-state index is 12.4. The predicted octanol–water partition coefficient (Wildman–Crippen LogP) is 2.12. The third-order valence-corrected chi connectivity index (χ3v) is 3.44. The molecule has 0 aliphatic heterocycles. The smallest absolute Gasteiger partial charge is 0.270 e. The minimum atomic E-state index is -0.147. The van der Waals surface area contributed by atoms with Crippen LogP contribution < -0.4 is 5.32 Å². The summed E-state index contributed by atoms with van der Waals surface area (Å²) in [6.45, 7) is 5.64. The van der Waals surface area contributed by atoms with E-state index in [-0.39, 0.29) is 5.91 Å². The second-order valence-electron chi connectivity index (χ2n) is 5.69. The van der Waals surface area contributed by atoms with Gasteiger partial charge >= 0.3 is 0 Å². The molecule has 0 spiro atoms. The molecule has 1 N–H and O–H groups in total. The molecule has 114 valence electrons. The molecule has 0 saturated heterocycles. The fourth-order valence-electron chi connectivity index (χ4n) is 2.44. The first kappa shape index (κ1) is 14.3. The third-order valence-electron chi connectivity index (χ3n) is 3.44. The summed E-state index contributed by atoms with van der Waals surface area (Å²) in [5.41, 5.74) is 2.42. The first-order chi connectivity index (χ1) is 10.6. The molecule has 3 aromatic rings. The zero-order chi connectivity index (χ0) is 15.5. The number of imidazole rings is 1. The number of hydrogen-bond donors (Lipinski definition) is 1. The molecule has 6 heteroatoms. The summed E-state index contributed by atoms with van der Waals surface area (Å²) in [4.78, 5) is 16.5. The van der Waals surface area contributed by atoms with E-state index in [1.807, 2.05) is 18.2 Å².